The molecule has 4 unspecified atom stereocenters. The Labute approximate surface area is 280 Å². The first-order valence-electron chi connectivity index (χ1n) is 17.0. The zero-order valence-electron chi connectivity index (χ0n) is 27.7. The van der Waals surface area contributed by atoms with Gasteiger partial charge >= 0.3 is 0 Å². The topological polar surface area (TPSA) is 27.7 Å². The fourth-order valence-electron chi connectivity index (χ4n) is 7.70. The molecule has 47 heavy (non-hydrogen) atoms. The van der Waals surface area contributed by atoms with Gasteiger partial charge in [0.05, 0.1) is 14.2 Å². The molecule has 0 spiro atoms. The molecule has 2 fully saturated rings. The van der Waals surface area contributed by atoms with Gasteiger partial charge in [-0.3, -0.25) is 0 Å². The molecule has 0 aromatic heterocycles. The van der Waals surface area contributed by atoms with Crippen molar-refractivity contribution in [2.45, 2.75) is 50.4 Å². The van der Waals surface area contributed by atoms with Gasteiger partial charge in [-0.2, -0.15) is 0 Å². The van der Waals surface area contributed by atoms with E-state index in [4.69, 9.17) is 14.2 Å². The first-order valence-corrected chi connectivity index (χ1v) is 17.0. The van der Waals surface area contributed by atoms with Crippen molar-refractivity contribution in [3.8, 4) is 23.0 Å². The van der Waals surface area contributed by atoms with Crippen molar-refractivity contribution in [1.82, 2.24) is 0 Å². The van der Waals surface area contributed by atoms with Crippen molar-refractivity contribution >= 4 is 24.3 Å². The molecule has 0 bridgehead atoms. The summed E-state index contributed by atoms with van der Waals surface area (Å²) in [4.78, 5) is 0. The molecule has 0 radical (unpaired) electrons. The quantitative estimate of drug-likeness (QED) is 0.116. The van der Waals surface area contributed by atoms with Crippen LogP contribution in [0.5, 0.6) is 23.0 Å². The monoisotopic (exact) mass is 622 g/mol. The first-order chi connectivity index (χ1) is 23.1. The van der Waals surface area contributed by atoms with E-state index in [0.29, 0.717) is 11.8 Å². The third-order valence-corrected chi connectivity index (χ3v) is 10.0. The minimum atomic E-state index is 0.277. The van der Waals surface area contributed by atoms with Gasteiger partial charge in [-0.15, -0.1) is 13.2 Å². The van der Waals surface area contributed by atoms with Crippen molar-refractivity contribution in [2.75, 3.05) is 14.2 Å². The van der Waals surface area contributed by atoms with Crippen molar-refractivity contribution in [1.29, 1.82) is 0 Å². The SMILES string of the molecule is C=CC1CCCC1c1c(Oc2ccc(OC)c(C=Cc3ccccc3)c2C2CCCC2C=C)ccc(OC)c1C=Cc1ccccc1. The Bertz CT molecular complexity index is 1600. The number of hydrogen-bond acceptors (Lipinski definition) is 3. The minimum Gasteiger partial charge on any atom is -0.496 e. The highest BCUT2D eigenvalue weighted by molar-refractivity contribution is 5.78. The maximum absolute atomic E-state index is 7.19. The third kappa shape index (κ3) is 7.00. The summed E-state index contributed by atoms with van der Waals surface area (Å²) >= 11 is 0. The summed E-state index contributed by atoms with van der Waals surface area (Å²) in [6.45, 7) is 8.47. The van der Waals surface area contributed by atoms with Crippen LogP contribution in [0.3, 0.4) is 0 Å². The lowest BCUT2D eigenvalue weighted by atomic mass is 9.84. The molecule has 0 N–H and O–H groups in total. The number of methoxy groups -OCH3 is 2. The average Bonchev–Trinajstić information content (AvgIpc) is 3.80. The minimum absolute atomic E-state index is 0.277. The van der Waals surface area contributed by atoms with Gasteiger partial charge in [0.25, 0.3) is 0 Å². The van der Waals surface area contributed by atoms with E-state index in [2.05, 4.69) is 110 Å². The molecule has 4 aromatic rings. The molecule has 2 aliphatic carbocycles. The second-order valence-corrected chi connectivity index (χ2v) is 12.7. The zero-order chi connectivity index (χ0) is 32.6. The van der Waals surface area contributed by atoms with Crippen LogP contribution in [0.4, 0.5) is 0 Å². The summed E-state index contributed by atoms with van der Waals surface area (Å²) in [5.41, 5.74) is 6.79. The average molecular weight is 623 g/mol. The largest absolute Gasteiger partial charge is 0.496 e. The van der Waals surface area contributed by atoms with Crippen LogP contribution in [-0.2, 0) is 0 Å². The molecule has 3 nitrogen and oxygen atoms in total. The highest BCUT2D eigenvalue weighted by Gasteiger charge is 2.34. The maximum Gasteiger partial charge on any atom is 0.131 e. The van der Waals surface area contributed by atoms with Crippen molar-refractivity contribution in [2.24, 2.45) is 11.8 Å². The van der Waals surface area contributed by atoms with Crippen LogP contribution in [0, 0.1) is 11.8 Å². The molecule has 2 saturated carbocycles. The van der Waals surface area contributed by atoms with Gasteiger partial charge in [0.2, 0.25) is 0 Å². The third-order valence-electron chi connectivity index (χ3n) is 10.0. The lowest BCUT2D eigenvalue weighted by molar-refractivity contribution is 0.402. The summed E-state index contributed by atoms with van der Waals surface area (Å²) in [6.07, 6.45) is 19.7. The Kier molecular flexibility index (Phi) is 10.4. The van der Waals surface area contributed by atoms with E-state index < -0.39 is 0 Å². The molecule has 4 atom stereocenters. The molecular formula is C44H46O3. The summed E-state index contributed by atoms with van der Waals surface area (Å²) in [5.74, 6) is 4.72. The second kappa shape index (κ2) is 15.2. The van der Waals surface area contributed by atoms with E-state index in [1.54, 1.807) is 14.2 Å². The Morgan fingerprint density at radius 1 is 0.511 bits per heavy atom. The van der Waals surface area contributed by atoms with Gasteiger partial charge in [-0.1, -0.05) is 110 Å². The number of hydrogen-bond donors (Lipinski definition) is 0. The molecule has 0 saturated heterocycles. The molecule has 2 aliphatic rings. The molecular weight excluding hydrogens is 576 g/mol. The molecule has 0 heterocycles. The number of benzene rings is 4. The molecule has 3 heteroatoms. The maximum atomic E-state index is 7.19. The molecule has 0 aliphatic heterocycles. The van der Waals surface area contributed by atoms with Crippen LogP contribution < -0.4 is 14.2 Å². The van der Waals surface area contributed by atoms with Crippen molar-refractivity contribution in [3.63, 3.8) is 0 Å². The Hall–Kier alpha value is -4.76. The normalized spacial score (nSPS) is 20.9. The number of rotatable bonds is 12. The van der Waals surface area contributed by atoms with Crippen LogP contribution in [0.2, 0.25) is 0 Å². The fraction of sp³-hybridized carbons (Fsp3) is 0.273. The highest BCUT2D eigenvalue weighted by Crippen LogP contribution is 2.52. The first kappa shape index (κ1) is 32.2. The lowest BCUT2D eigenvalue weighted by Crippen LogP contribution is -2.11. The molecule has 4 aromatic carbocycles. The molecule has 0 amide bonds. The van der Waals surface area contributed by atoms with Gasteiger partial charge < -0.3 is 14.2 Å². The Balaban J connectivity index is 1.53. The Morgan fingerprint density at radius 2 is 0.915 bits per heavy atom. The smallest absolute Gasteiger partial charge is 0.131 e. The van der Waals surface area contributed by atoms with Crippen LogP contribution in [-0.4, -0.2) is 14.2 Å². The highest BCUT2D eigenvalue weighted by atomic mass is 16.5. The number of allylic oxidation sites excluding steroid dienone is 2. The van der Waals surface area contributed by atoms with Crippen molar-refractivity contribution < 1.29 is 14.2 Å². The zero-order valence-corrected chi connectivity index (χ0v) is 27.7. The van der Waals surface area contributed by atoms with Crippen molar-refractivity contribution in [3.05, 3.63) is 144 Å². The van der Waals surface area contributed by atoms with Gasteiger partial charge in [-0.05, 0) is 84.7 Å². The van der Waals surface area contributed by atoms with E-state index in [-0.39, 0.29) is 11.8 Å². The van der Waals surface area contributed by atoms with E-state index >= 15 is 0 Å². The van der Waals surface area contributed by atoms with E-state index in [9.17, 15) is 0 Å². The predicted octanol–water partition coefficient (Wildman–Crippen LogP) is 12.0. The van der Waals surface area contributed by atoms with Crippen LogP contribution in [0.1, 0.15) is 83.7 Å². The second-order valence-electron chi connectivity index (χ2n) is 12.7. The van der Waals surface area contributed by atoms with Gasteiger partial charge in [0.15, 0.2) is 0 Å². The van der Waals surface area contributed by atoms with Gasteiger partial charge in [0.1, 0.15) is 23.0 Å². The lowest BCUT2D eigenvalue weighted by Gasteiger charge is -2.27. The fourth-order valence-corrected chi connectivity index (χ4v) is 7.70. The molecule has 240 valence electrons. The molecule has 6 rings (SSSR count). The van der Waals surface area contributed by atoms with Crippen LogP contribution in [0.25, 0.3) is 24.3 Å². The van der Waals surface area contributed by atoms with E-state index in [1.807, 2.05) is 24.3 Å². The van der Waals surface area contributed by atoms with Crippen LogP contribution >= 0.6 is 0 Å². The summed E-state index contributed by atoms with van der Waals surface area (Å²) < 4.78 is 19.2. The summed E-state index contributed by atoms with van der Waals surface area (Å²) in [5, 5.41) is 0. The number of ether oxygens (including phenoxy) is 3. The standard InChI is InChI=1S/C44H46O3/c1-5-33-19-13-21-35(33)43-37(25-23-31-15-9-7-10-16-31)39(45-3)27-29-41(43)47-42-30-28-40(46-4)38(26-24-32-17-11-8-12-18-32)44(42)36-22-14-20-34(36)6-2/h5-12,15-18,23-30,33-36H,1-2,13-14,19-22H2,3-4H3. The van der Waals surface area contributed by atoms with E-state index in [0.717, 1.165) is 83.8 Å². The van der Waals surface area contributed by atoms with Gasteiger partial charge in [0, 0.05) is 22.3 Å². The predicted molar refractivity (Wildman–Crippen MR) is 197 cm³/mol. The summed E-state index contributed by atoms with van der Waals surface area (Å²) in [7, 11) is 3.50. The van der Waals surface area contributed by atoms with E-state index in [1.165, 1.54) is 11.1 Å². The van der Waals surface area contributed by atoms with Gasteiger partial charge in [-0.25, -0.2) is 0 Å². The van der Waals surface area contributed by atoms with Crippen LogP contribution in [0.15, 0.2) is 110 Å². The summed E-state index contributed by atoms with van der Waals surface area (Å²) in [6, 6.07) is 29.1. The Morgan fingerprint density at radius 3 is 1.30 bits per heavy atom.